The Bertz CT molecular complexity index is 1780. The van der Waals surface area contributed by atoms with Gasteiger partial charge >= 0.3 is 37.9 Å². The minimum atomic E-state index is -0.826. The predicted octanol–water partition coefficient (Wildman–Crippen LogP) is 13.1. The van der Waals surface area contributed by atoms with Gasteiger partial charge in [0.2, 0.25) is 0 Å². The van der Waals surface area contributed by atoms with Gasteiger partial charge < -0.3 is 9.47 Å². The van der Waals surface area contributed by atoms with Crippen LogP contribution in [0.4, 0.5) is 0 Å². The van der Waals surface area contributed by atoms with E-state index in [0.717, 1.165) is 11.5 Å². The summed E-state index contributed by atoms with van der Waals surface area (Å²) in [6, 6.07) is 34.7. The molecule has 47 heavy (non-hydrogen) atoms. The van der Waals surface area contributed by atoms with Gasteiger partial charge in [0.15, 0.2) is 0 Å². The normalized spacial score (nSPS) is 11.3. The van der Waals surface area contributed by atoms with Gasteiger partial charge in [-0.1, -0.05) is 116 Å². The van der Waals surface area contributed by atoms with E-state index in [2.05, 4.69) is 152 Å². The van der Waals surface area contributed by atoms with Gasteiger partial charge in [0.25, 0.3) is 0 Å². The second kappa shape index (κ2) is 15.6. The van der Waals surface area contributed by atoms with E-state index in [1.807, 2.05) is 0 Å². The first-order valence-electron chi connectivity index (χ1n) is 15.9. The maximum absolute atomic E-state index is 5.87. The van der Waals surface area contributed by atoms with Gasteiger partial charge in [0.1, 0.15) is 11.5 Å². The number of fused-ring (bicyclic) bond motifs is 2. The fourth-order valence-electron chi connectivity index (χ4n) is 6.30. The summed E-state index contributed by atoms with van der Waals surface area (Å²) in [7, 11) is 13.4. The van der Waals surface area contributed by atoms with Gasteiger partial charge in [0.05, 0.1) is 14.2 Å². The van der Waals surface area contributed by atoms with Crippen molar-refractivity contribution < 1.29 is 30.3 Å². The number of aryl methyl sites for hydroxylation is 2. The van der Waals surface area contributed by atoms with Gasteiger partial charge in [-0.15, -0.1) is 56.9 Å². The molecule has 0 unspecified atom stereocenters. The van der Waals surface area contributed by atoms with Crippen molar-refractivity contribution in [1.82, 2.24) is 0 Å². The first-order valence-corrected chi connectivity index (χ1v) is 22.2. The van der Waals surface area contributed by atoms with Crippen molar-refractivity contribution in [3.8, 4) is 33.8 Å². The molecular formula is C42H46Cl2O2Zr. The van der Waals surface area contributed by atoms with Crippen LogP contribution in [0.1, 0.15) is 63.8 Å². The Hall–Kier alpha value is -2.84. The van der Waals surface area contributed by atoms with Crippen LogP contribution in [0, 0.1) is 13.8 Å². The molecular weight excluding hydrogens is 699 g/mol. The van der Waals surface area contributed by atoms with E-state index in [9.17, 15) is 0 Å². The van der Waals surface area contributed by atoms with E-state index < -0.39 is 20.8 Å². The maximum atomic E-state index is 5.87. The Morgan fingerprint density at radius 3 is 1.15 bits per heavy atom. The third-order valence-electron chi connectivity index (χ3n) is 8.36. The Kier molecular flexibility index (Phi) is 12.3. The topological polar surface area (TPSA) is 18.5 Å². The number of hydrogen-bond acceptors (Lipinski definition) is 2. The summed E-state index contributed by atoms with van der Waals surface area (Å²) in [6.45, 7) is 17.7. The van der Waals surface area contributed by atoms with Gasteiger partial charge in [-0.2, -0.15) is 12.1 Å². The number of rotatable bonds is 4. The number of hydrogen-bond donors (Lipinski definition) is 0. The Balaban J connectivity index is 0.000000197. The van der Waals surface area contributed by atoms with Crippen LogP contribution in [0.2, 0.25) is 0 Å². The summed E-state index contributed by atoms with van der Waals surface area (Å²) < 4.78 is 11.7. The number of methoxy groups -OCH3 is 2. The molecule has 0 bridgehead atoms. The second-order valence-corrected chi connectivity index (χ2v) is 17.8. The summed E-state index contributed by atoms with van der Waals surface area (Å²) in [5.41, 5.74) is 10.0. The average Bonchev–Trinajstić information content (AvgIpc) is 3.60. The summed E-state index contributed by atoms with van der Waals surface area (Å²) >= 11 is -0.826. The fourth-order valence-corrected chi connectivity index (χ4v) is 6.30. The first kappa shape index (κ1) is 37.0. The van der Waals surface area contributed by atoms with Crippen molar-refractivity contribution in [2.24, 2.45) is 0 Å². The molecule has 2 nitrogen and oxygen atoms in total. The van der Waals surface area contributed by atoms with Crippen molar-refractivity contribution in [2.45, 2.75) is 66.2 Å². The molecule has 0 aliphatic rings. The van der Waals surface area contributed by atoms with Crippen LogP contribution in [0.5, 0.6) is 11.5 Å². The van der Waals surface area contributed by atoms with E-state index in [1.54, 1.807) is 14.2 Å². The average molecular weight is 745 g/mol. The summed E-state index contributed by atoms with van der Waals surface area (Å²) in [4.78, 5) is 0. The first-order chi connectivity index (χ1) is 22.2. The van der Waals surface area contributed by atoms with Crippen LogP contribution < -0.4 is 9.47 Å². The van der Waals surface area contributed by atoms with Crippen LogP contribution >= 0.6 is 17.0 Å². The molecule has 0 heterocycles. The molecule has 0 aromatic heterocycles. The molecule has 6 aromatic rings. The molecule has 5 heteroatoms. The molecule has 0 fully saturated rings. The molecule has 244 valence electrons. The van der Waals surface area contributed by atoms with Crippen molar-refractivity contribution in [2.75, 3.05) is 14.2 Å². The SMILES string of the molecule is COc1c(C(C)(C)C)cc2[cH-]c(C)cc2c1-c1ccccc1.COc1c(C(C)(C)C)cc2[cH-]c(C)cc2c1-c1ccccc1.[Cl][Zr+2][Cl]. The zero-order valence-corrected chi connectivity index (χ0v) is 33.3. The molecule has 0 aliphatic heterocycles. The van der Waals surface area contributed by atoms with Crippen molar-refractivity contribution >= 4 is 38.6 Å². The van der Waals surface area contributed by atoms with Crippen LogP contribution in [0.15, 0.2) is 97.1 Å². The third kappa shape index (κ3) is 8.43. The number of benzene rings is 4. The third-order valence-corrected chi connectivity index (χ3v) is 8.36. The standard InChI is InChI=1S/2C21H23O.2ClH.Zr/c2*1-14-11-16-13-18(21(2,3)4)20(22-5)19(17(16)12-14)15-9-7-6-8-10-15;;;/h2*6-13H,1-5H3;2*1H;/q2*-1;;;+4/p-2. The van der Waals surface area contributed by atoms with E-state index in [1.165, 1.54) is 66.1 Å². The van der Waals surface area contributed by atoms with E-state index in [4.69, 9.17) is 26.5 Å². The van der Waals surface area contributed by atoms with Gasteiger partial charge in [0, 0.05) is 0 Å². The fraction of sp³-hybridized carbons (Fsp3) is 0.286. The van der Waals surface area contributed by atoms with Crippen LogP contribution in [-0.2, 0) is 31.7 Å². The second-order valence-electron chi connectivity index (χ2n) is 14.0. The van der Waals surface area contributed by atoms with Gasteiger partial charge in [-0.25, -0.2) is 0 Å². The molecule has 0 amide bonds. The zero-order chi connectivity index (χ0) is 34.5. The summed E-state index contributed by atoms with van der Waals surface area (Å²) in [5.74, 6) is 1.99. The number of halogens is 2. The van der Waals surface area contributed by atoms with Crippen molar-refractivity contribution in [1.29, 1.82) is 0 Å². The quantitative estimate of drug-likeness (QED) is 0.167. The number of ether oxygens (including phenoxy) is 2. The molecule has 0 saturated heterocycles. The Morgan fingerprint density at radius 1 is 0.553 bits per heavy atom. The molecule has 0 spiro atoms. The van der Waals surface area contributed by atoms with Crippen LogP contribution in [0.3, 0.4) is 0 Å². The van der Waals surface area contributed by atoms with Crippen molar-refractivity contribution in [3.63, 3.8) is 0 Å². The van der Waals surface area contributed by atoms with E-state index in [0.29, 0.717) is 0 Å². The van der Waals surface area contributed by atoms with Crippen LogP contribution in [0.25, 0.3) is 43.8 Å². The summed E-state index contributed by atoms with van der Waals surface area (Å²) in [6.07, 6.45) is 0. The molecule has 6 aromatic carbocycles. The van der Waals surface area contributed by atoms with Gasteiger partial charge in [-0.05, 0) is 44.2 Å². The van der Waals surface area contributed by atoms with E-state index >= 15 is 0 Å². The Labute approximate surface area is 300 Å². The van der Waals surface area contributed by atoms with Crippen LogP contribution in [-0.4, -0.2) is 14.2 Å². The van der Waals surface area contributed by atoms with E-state index in [-0.39, 0.29) is 10.8 Å². The molecule has 6 rings (SSSR count). The molecule has 0 N–H and O–H groups in total. The predicted molar refractivity (Wildman–Crippen MR) is 202 cm³/mol. The van der Waals surface area contributed by atoms with Crippen molar-refractivity contribution in [3.05, 3.63) is 119 Å². The molecule has 0 saturated carbocycles. The monoisotopic (exact) mass is 742 g/mol. The minimum absolute atomic E-state index is 0.0360. The molecule has 0 aliphatic carbocycles. The Morgan fingerprint density at radius 2 is 0.872 bits per heavy atom. The molecule has 0 radical (unpaired) electrons. The molecule has 0 atom stereocenters. The van der Waals surface area contributed by atoms with Gasteiger partial charge in [-0.3, -0.25) is 0 Å². The summed E-state index contributed by atoms with van der Waals surface area (Å²) in [5, 5.41) is 5.13. The zero-order valence-electron chi connectivity index (χ0n) is 29.3.